The van der Waals surface area contributed by atoms with Crippen LogP contribution in [0.15, 0.2) is 36.4 Å². The summed E-state index contributed by atoms with van der Waals surface area (Å²) in [5.41, 5.74) is 1.50. The molecule has 6 nitrogen and oxygen atoms in total. The van der Waals surface area contributed by atoms with Gasteiger partial charge in [-0.05, 0) is 42.4 Å². The lowest BCUT2D eigenvalue weighted by Gasteiger charge is -2.25. The first-order valence-corrected chi connectivity index (χ1v) is 11.6. The summed E-state index contributed by atoms with van der Waals surface area (Å²) in [5, 5.41) is 2.34. The van der Waals surface area contributed by atoms with Crippen molar-refractivity contribution in [3.05, 3.63) is 42.0 Å². The Morgan fingerprint density at radius 2 is 2.07 bits per heavy atom. The van der Waals surface area contributed by atoms with E-state index in [1.165, 1.54) is 5.56 Å². The van der Waals surface area contributed by atoms with Gasteiger partial charge in [0.2, 0.25) is 5.91 Å². The summed E-state index contributed by atoms with van der Waals surface area (Å²) in [6.45, 7) is 8.26. The summed E-state index contributed by atoms with van der Waals surface area (Å²) < 4.78 is 9.63. The van der Waals surface area contributed by atoms with E-state index in [9.17, 15) is 9.59 Å². The van der Waals surface area contributed by atoms with Crippen molar-refractivity contribution in [3.8, 4) is 5.75 Å². The second-order valence-corrected chi connectivity index (χ2v) is 10.1. The van der Waals surface area contributed by atoms with Gasteiger partial charge in [0.1, 0.15) is 5.75 Å². The Kier molecular flexibility index (Phi) is 7.47. The molecule has 0 bridgehead atoms. The number of benzene rings is 1. The van der Waals surface area contributed by atoms with E-state index in [4.69, 9.17) is 4.74 Å². The molecule has 30 heavy (non-hydrogen) atoms. The molecule has 2 fully saturated rings. The van der Waals surface area contributed by atoms with Crippen LogP contribution < -0.4 is 14.8 Å². The summed E-state index contributed by atoms with van der Waals surface area (Å²) in [6, 6.07) is 8.16. The van der Waals surface area contributed by atoms with Gasteiger partial charge in [0, 0.05) is 25.3 Å². The van der Waals surface area contributed by atoms with Crippen LogP contribution >= 0.6 is 11.9 Å². The number of nitrogens with zero attached hydrogens (tertiary/aromatic N) is 1. The van der Waals surface area contributed by atoms with Crippen molar-refractivity contribution >= 4 is 23.9 Å². The first-order chi connectivity index (χ1) is 14.3. The van der Waals surface area contributed by atoms with Crippen molar-refractivity contribution in [2.45, 2.75) is 52.0 Å². The normalized spacial score (nSPS) is 18.6. The van der Waals surface area contributed by atoms with Crippen LogP contribution in [0.5, 0.6) is 5.75 Å². The fraction of sp³-hybridized carbons (Fsp3) is 0.565. The molecular weight excluding hydrogens is 398 g/mol. The molecular formula is C23H33N3O3S. The van der Waals surface area contributed by atoms with E-state index in [1.54, 1.807) is 16.8 Å². The summed E-state index contributed by atoms with van der Waals surface area (Å²) in [7, 11) is 0. The number of carbonyl (C=O) groups is 2. The van der Waals surface area contributed by atoms with Gasteiger partial charge < -0.3 is 9.64 Å². The molecule has 1 aliphatic carbocycles. The van der Waals surface area contributed by atoms with E-state index in [0.717, 1.165) is 30.8 Å². The molecule has 1 saturated carbocycles. The predicted molar refractivity (Wildman–Crippen MR) is 121 cm³/mol. The largest absolute Gasteiger partial charge is 0.493 e. The van der Waals surface area contributed by atoms with E-state index in [2.05, 4.69) is 55.1 Å². The maximum absolute atomic E-state index is 11.7. The zero-order chi connectivity index (χ0) is 21.6. The van der Waals surface area contributed by atoms with Gasteiger partial charge >= 0.3 is 6.03 Å². The summed E-state index contributed by atoms with van der Waals surface area (Å²) >= 11 is 1.75. The monoisotopic (exact) mass is 431 g/mol. The van der Waals surface area contributed by atoms with E-state index >= 15 is 0 Å². The molecule has 0 spiro atoms. The van der Waals surface area contributed by atoms with Gasteiger partial charge in [-0.3, -0.25) is 14.8 Å². The third-order valence-electron chi connectivity index (χ3n) is 5.10. The number of urea groups is 1. The highest BCUT2D eigenvalue weighted by Crippen LogP contribution is 2.47. The molecule has 164 valence electrons. The topological polar surface area (TPSA) is 70.7 Å². The van der Waals surface area contributed by atoms with E-state index in [0.29, 0.717) is 26.1 Å². The fourth-order valence-corrected chi connectivity index (χ4v) is 4.12. The number of imide groups is 1. The van der Waals surface area contributed by atoms with Crippen molar-refractivity contribution in [2.24, 2.45) is 5.41 Å². The molecule has 0 radical (unpaired) electrons. The summed E-state index contributed by atoms with van der Waals surface area (Å²) in [6.07, 6.45) is 7.68. The second kappa shape index (κ2) is 9.88. The number of nitrogens with one attached hydrogen (secondary N) is 2. The number of hydrogen-bond donors (Lipinski definition) is 2. The molecule has 1 aromatic rings. The molecule has 1 saturated heterocycles. The Balaban J connectivity index is 1.38. The minimum atomic E-state index is -0.295. The smallest absolute Gasteiger partial charge is 0.324 e. The number of hydrogen-bond acceptors (Lipinski definition) is 5. The highest BCUT2D eigenvalue weighted by molar-refractivity contribution is 7.97. The van der Waals surface area contributed by atoms with Crippen LogP contribution in [0.4, 0.5) is 4.79 Å². The summed E-state index contributed by atoms with van der Waals surface area (Å²) in [5.74, 6) is 1.71. The van der Waals surface area contributed by atoms with Crippen molar-refractivity contribution < 1.29 is 14.3 Å². The van der Waals surface area contributed by atoms with Crippen molar-refractivity contribution in [1.82, 2.24) is 14.9 Å². The number of carbonyl (C=O) groups excluding carboxylic acids is 2. The minimum Gasteiger partial charge on any atom is -0.493 e. The minimum absolute atomic E-state index is 0.0634. The lowest BCUT2D eigenvalue weighted by molar-refractivity contribution is -0.121. The highest BCUT2D eigenvalue weighted by Gasteiger charge is 2.44. The highest BCUT2D eigenvalue weighted by atomic mass is 32.2. The van der Waals surface area contributed by atoms with Crippen LogP contribution in [0.3, 0.4) is 0 Å². The molecule has 1 aromatic carbocycles. The van der Waals surface area contributed by atoms with Crippen LogP contribution in [0.25, 0.3) is 0 Å². The Bertz CT molecular complexity index is 784. The lowest BCUT2D eigenvalue weighted by atomic mass is 9.98. The van der Waals surface area contributed by atoms with Gasteiger partial charge in [0.25, 0.3) is 0 Å². The van der Waals surface area contributed by atoms with Crippen molar-refractivity contribution in [1.29, 1.82) is 0 Å². The zero-order valence-corrected chi connectivity index (χ0v) is 19.0. The third kappa shape index (κ3) is 6.77. The van der Waals surface area contributed by atoms with Crippen molar-refractivity contribution in [3.63, 3.8) is 0 Å². The average molecular weight is 432 g/mol. The molecule has 3 amide bonds. The maximum Gasteiger partial charge on any atom is 0.324 e. The van der Waals surface area contributed by atoms with Crippen LogP contribution in [0, 0.1) is 5.41 Å². The van der Waals surface area contributed by atoms with E-state index in [1.807, 2.05) is 12.1 Å². The molecule has 1 aliphatic heterocycles. The molecule has 2 aliphatic rings. The molecule has 0 aromatic heterocycles. The maximum atomic E-state index is 11.7. The quantitative estimate of drug-likeness (QED) is 0.330. The molecule has 2 N–H and O–H groups in total. The lowest BCUT2D eigenvalue weighted by Crippen LogP contribution is -2.49. The first-order valence-electron chi connectivity index (χ1n) is 10.6. The molecule has 3 rings (SSSR count). The van der Waals surface area contributed by atoms with Gasteiger partial charge in [-0.2, -0.15) is 0 Å². The number of rotatable bonds is 10. The van der Waals surface area contributed by atoms with Gasteiger partial charge in [0.05, 0.1) is 12.1 Å². The number of allylic oxidation sites excluding steroid dienone is 1. The Labute approximate surface area is 183 Å². The summed E-state index contributed by atoms with van der Waals surface area (Å²) in [4.78, 5) is 24.5. The van der Waals surface area contributed by atoms with E-state index in [-0.39, 0.29) is 22.9 Å². The third-order valence-corrected chi connectivity index (χ3v) is 6.07. The number of amides is 3. The standard InChI is InChI=1S/C23H33N3O3S/c1-22(2,3)17-29-19-9-7-8-18(16-19)23(11-12-23)25-30-15-6-4-5-13-26-14-10-20(27)24-21(26)28/h4-5,7-9,16,25H,6,10-15,17H2,1-3H3,(H,24,27,28)/b5-4+. The Morgan fingerprint density at radius 3 is 2.77 bits per heavy atom. The van der Waals surface area contributed by atoms with Crippen LogP contribution in [-0.2, 0) is 10.3 Å². The van der Waals surface area contributed by atoms with Crippen molar-refractivity contribution in [2.75, 3.05) is 25.4 Å². The van der Waals surface area contributed by atoms with Gasteiger partial charge in [-0.25, -0.2) is 4.79 Å². The average Bonchev–Trinajstić information content (AvgIpc) is 3.48. The SMILES string of the molecule is CC(C)(C)COc1cccc(C2(NSCC/C=C/CN3CCC(=O)NC3=O)CC2)c1. The zero-order valence-electron chi connectivity index (χ0n) is 18.2. The molecule has 1 heterocycles. The molecule has 7 heteroatoms. The fourth-order valence-electron chi connectivity index (χ4n) is 3.17. The molecule has 0 atom stereocenters. The first kappa shape index (κ1) is 22.7. The second-order valence-electron chi connectivity index (χ2n) is 9.22. The van der Waals surface area contributed by atoms with Gasteiger partial charge in [-0.15, -0.1) is 0 Å². The van der Waals surface area contributed by atoms with Crippen LogP contribution in [-0.4, -0.2) is 42.3 Å². The van der Waals surface area contributed by atoms with E-state index < -0.39 is 0 Å². The van der Waals surface area contributed by atoms with Gasteiger partial charge in [-0.1, -0.05) is 57.0 Å². The molecule has 0 unspecified atom stereocenters. The Morgan fingerprint density at radius 1 is 1.27 bits per heavy atom. The van der Waals surface area contributed by atoms with Crippen LogP contribution in [0.2, 0.25) is 0 Å². The predicted octanol–water partition coefficient (Wildman–Crippen LogP) is 4.23. The van der Waals surface area contributed by atoms with Crippen LogP contribution in [0.1, 0.15) is 52.0 Å². The van der Waals surface area contributed by atoms with Gasteiger partial charge in [0.15, 0.2) is 0 Å². The Hall–Kier alpha value is -1.99. The number of ether oxygens (including phenoxy) is 1.